The minimum atomic E-state index is 0.435. The molecule has 0 aliphatic heterocycles. The average molecular weight is 283 g/mol. The van der Waals surface area contributed by atoms with Gasteiger partial charge in [-0.2, -0.15) is 0 Å². The number of fused-ring (bicyclic) bond motifs is 1. The van der Waals surface area contributed by atoms with Gasteiger partial charge in [0, 0.05) is 12.7 Å². The van der Waals surface area contributed by atoms with E-state index in [2.05, 4.69) is 5.10 Å². The molecule has 2 N–H and O–H groups in total. The van der Waals surface area contributed by atoms with Gasteiger partial charge in [-0.15, -0.1) is 5.10 Å². The predicted octanol–water partition coefficient (Wildman–Crippen LogP) is 2.74. The van der Waals surface area contributed by atoms with E-state index in [1.165, 1.54) is 0 Å². The molecular formula is C16H17N3O2. The number of hydrogen-bond donors (Lipinski definition) is 1. The fraction of sp³-hybridized carbons (Fsp3) is 0.188. The summed E-state index contributed by atoms with van der Waals surface area (Å²) in [6.45, 7) is 0.435. The van der Waals surface area contributed by atoms with E-state index < -0.39 is 0 Å². The van der Waals surface area contributed by atoms with Crippen LogP contribution in [0.1, 0.15) is 5.56 Å². The van der Waals surface area contributed by atoms with Crippen molar-refractivity contribution in [2.75, 3.05) is 12.8 Å². The Labute approximate surface area is 122 Å². The fourth-order valence-corrected chi connectivity index (χ4v) is 2.27. The van der Waals surface area contributed by atoms with Crippen molar-refractivity contribution in [2.45, 2.75) is 6.61 Å². The molecule has 5 heteroatoms. The molecule has 0 saturated heterocycles. The molecule has 0 radical (unpaired) electrons. The molecule has 1 heterocycles. The van der Waals surface area contributed by atoms with Gasteiger partial charge in [-0.1, -0.05) is 18.2 Å². The van der Waals surface area contributed by atoms with Gasteiger partial charge in [0.1, 0.15) is 12.4 Å². The number of nitrogen functional groups attached to an aromatic ring is 1. The van der Waals surface area contributed by atoms with Gasteiger partial charge < -0.3 is 15.2 Å². The van der Waals surface area contributed by atoms with Gasteiger partial charge in [0.05, 0.1) is 18.0 Å². The van der Waals surface area contributed by atoms with Crippen LogP contribution in [-0.4, -0.2) is 16.9 Å². The van der Waals surface area contributed by atoms with Crippen molar-refractivity contribution in [3.05, 3.63) is 48.0 Å². The molecule has 1 aromatic heterocycles. The number of methoxy groups -OCH3 is 1. The number of benzene rings is 2. The van der Waals surface area contributed by atoms with Crippen LogP contribution in [0, 0.1) is 0 Å². The molecule has 5 nitrogen and oxygen atoms in total. The Morgan fingerprint density at radius 2 is 1.90 bits per heavy atom. The smallest absolute Gasteiger partial charge is 0.243 e. The van der Waals surface area contributed by atoms with E-state index in [0.717, 1.165) is 22.2 Å². The van der Waals surface area contributed by atoms with Crippen LogP contribution in [0.4, 0.5) is 5.69 Å². The first-order chi connectivity index (χ1) is 10.2. The first-order valence-electron chi connectivity index (χ1n) is 6.66. The summed E-state index contributed by atoms with van der Waals surface area (Å²) in [6, 6.07) is 13.5. The minimum absolute atomic E-state index is 0.435. The van der Waals surface area contributed by atoms with Crippen LogP contribution < -0.4 is 15.2 Å². The molecule has 0 bridgehead atoms. The standard InChI is InChI=1S/C16H17N3O2/c1-19-14-5-3-4-13(17)15(14)16(18-19)21-10-11-6-8-12(20-2)9-7-11/h3-9H,10,17H2,1-2H3. The molecule has 108 valence electrons. The number of anilines is 1. The molecule has 3 rings (SSSR count). The number of hydrogen-bond acceptors (Lipinski definition) is 4. The van der Waals surface area contributed by atoms with E-state index in [4.69, 9.17) is 15.2 Å². The second kappa shape index (κ2) is 5.36. The Bertz CT molecular complexity index is 763. The highest BCUT2D eigenvalue weighted by molar-refractivity contribution is 5.95. The lowest BCUT2D eigenvalue weighted by atomic mass is 10.2. The molecule has 0 aliphatic carbocycles. The highest BCUT2D eigenvalue weighted by atomic mass is 16.5. The Morgan fingerprint density at radius 1 is 1.14 bits per heavy atom. The van der Waals surface area contributed by atoms with E-state index in [1.807, 2.05) is 49.5 Å². The predicted molar refractivity (Wildman–Crippen MR) is 82.5 cm³/mol. The lowest BCUT2D eigenvalue weighted by molar-refractivity contribution is 0.294. The summed E-state index contributed by atoms with van der Waals surface area (Å²) >= 11 is 0. The van der Waals surface area contributed by atoms with Crippen molar-refractivity contribution in [3.8, 4) is 11.6 Å². The van der Waals surface area contributed by atoms with E-state index >= 15 is 0 Å². The van der Waals surface area contributed by atoms with Crippen LogP contribution in [0.15, 0.2) is 42.5 Å². The summed E-state index contributed by atoms with van der Waals surface area (Å²) < 4.78 is 12.7. The van der Waals surface area contributed by atoms with Crippen molar-refractivity contribution in [2.24, 2.45) is 7.05 Å². The van der Waals surface area contributed by atoms with Crippen molar-refractivity contribution < 1.29 is 9.47 Å². The first-order valence-corrected chi connectivity index (χ1v) is 6.66. The Balaban J connectivity index is 1.84. The monoisotopic (exact) mass is 283 g/mol. The second-order valence-electron chi connectivity index (χ2n) is 4.81. The lowest BCUT2D eigenvalue weighted by Gasteiger charge is -2.05. The van der Waals surface area contributed by atoms with Gasteiger partial charge in [-0.05, 0) is 29.8 Å². The largest absolute Gasteiger partial charge is 0.497 e. The molecular weight excluding hydrogens is 266 g/mol. The van der Waals surface area contributed by atoms with Crippen LogP contribution in [0.25, 0.3) is 10.9 Å². The maximum Gasteiger partial charge on any atom is 0.243 e. The summed E-state index contributed by atoms with van der Waals surface area (Å²) in [5.41, 5.74) is 8.70. The fourth-order valence-electron chi connectivity index (χ4n) is 2.27. The molecule has 0 spiro atoms. The summed E-state index contributed by atoms with van der Waals surface area (Å²) in [5, 5.41) is 5.24. The van der Waals surface area contributed by atoms with Crippen LogP contribution in [-0.2, 0) is 13.7 Å². The first kappa shape index (κ1) is 13.3. The van der Waals surface area contributed by atoms with Gasteiger partial charge in [0.2, 0.25) is 5.88 Å². The highest BCUT2D eigenvalue weighted by Gasteiger charge is 2.12. The maximum atomic E-state index is 6.03. The number of aryl methyl sites for hydroxylation is 1. The number of ether oxygens (including phenoxy) is 2. The summed E-state index contributed by atoms with van der Waals surface area (Å²) in [6.07, 6.45) is 0. The van der Waals surface area contributed by atoms with Crippen molar-refractivity contribution in [3.63, 3.8) is 0 Å². The maximum absolute atomic E-state index is 6.03. The molecule has 0 fully saturated rings. The SMILES string of the molecule is COc1ccc(COc2nn(C)c3cccc(N)c23)cc1. The highest BCUT2D eigenvalue weighted by Crippen LogP contribution is 2.30. The zero-order valence-electron chi connectivity index (χ0n) is 12.0. The zero-order chi connectivity index (χ0) is 14.8. The number of nitrogens with zero attached hydrogens (tertiary/aromatic N) is 2. The van der Waals surface area contributed by atoms with Crippen molar-refractivity contribution >= 4 is 16.6 Å². The number of rotatable bonds is 4. The van der Waals surface area contributed by atoms with Gasteiger partial charge in [-0.25, -0.2) is 0 Å². The third-order valence-corrected chi connectivity index (χ3v) is 3.41. The molecule has 2 aromatic carbocycles. The summed E-state index contributed by atoms with van der Waals surface area (Å²) in [5.74, 6) is 1.38. The zero-order valence-corrected chi connectivity index (χ0v) is 12.0. The Kier molecular flexibility index (Phi) is 3.39. The second-order valence-corrected chi connectivity index (χ2v) is 4.81. The van der Waals surface area contributed by atoms with E-state index in [0.29, 0.717) is 18.2 Å². The lowest BCUT2D eigenvalue weighted by Crippen LogP contribution is -1.97. The molecule has 3 aromatic rings. The van der Waals surface area contributed by atoms with Gasteiger partial charge in [0.15, 0.2) is 0 Å². The molecule has 0 aliphatic rings. The van der Waals surface area contributed by atoms with E-state index in [9.17, 15) is 0 Å². The van der Waals surface area contributed by atoms with Crippen molar-refractivity contribution in [1.82, 2.24) is 9.78 Å². The Hall–Kier alpha value is -2.69. The average Bonchev–Trinajstić information content (AvgIpc) is 2.84. The third kappa shape index (κ3) is 2.50. The van der Waals surface area contributed by atoms with Crippen LogP contribution >= 0.6 is 0 Å². The third-order valence-electron chi connectivity index (χ3n) is 3.41. The molecule has 0 unspecified atom stereocenters. The van der Waals surface area contributed by atoms with Crippen LogP contribution in [0.5, 0.6) is 11.6 Å². The van der Waals surface area contributed by atoms with Gasteiger partial charge in [-0.3, -0.25) is 4.68 Å². The summed E-state index contributed by atoms with van der Waals surface area (Å²) in [4.78, 5) is 0. The molecule has 0 amide bonds. The van der Waals surface area contributed by atoms with Gasteiger partial charge in [0.25, 0.3) is 0 Å². The molecule has 0 atom stereocenters. The number of nitrogens with two attached hydrogens (primary N) is 1. The normalized spacial score (nSPS) is 10.8. The minimum Gasteiger partial charge on any atom is -0.497 e. The summed E-state index contributed by atoms with van der Waals surface area (Å²) in [7, 11) is 3.52. The quantitative estimate of drug-likeness (QED) is 0.748. The molecule has 0 saturated carbocycles. The van der Waals surface area contributed by atoms with Crippen molar-refractivity contribution in [1.29, 1.82) is 0 Å². The Morgan fingerprint density at radius 3 is 2.62 bits per heavy atom. The van der Waals surface area contributed by atoms with Gasteiger partial charge >= 0.3 is 0 Å². The van der Waals surface area contributed by atoms with Crippen LogP contribution in [0.2, 0.25) is 0 Å². The topological polar surface area (TPSA) is 62.3 Å². The van der Waals surface area contributed by atoms with Crippen LogP contribution in [0.3, 0.4) is 0 Å². The van der Waals surface area contributed by atoms with E-state index in [-0.39, 0.29) is 0 Å². The van der Waals surface area contributed by atoms with E-state index in [1.54, 1.807) is 11.8 Å². The molecule has 21 heavy (non-hydrogen) atoms. The number of aromatic nitrogens is 2.